The summed E-state index contributed by atoms with van der Waals surface area (Å²) < 4.78 is 31.8. The van der Waals surface area contributed by atoms with Gasteiger partial charge >= 0.3 is 6.03 Å². The molecule has 1 aromatic carbocycles. The summed E-state index contributed by atoms with van der Waals surface area (Å²) in [6.45, 7) is 7.76. The summed E-state index contributed by atoms with van der Waals surface area (Å²) >= 11 is 0. The van der Waals surface area contributed by atoms with Crippen LogP contribution in [0.2, 0.25) is 0 Å². The van der Waals surface area contributed by atoms with Gasteiger partial charge in [0.1, 0.15) is 5.76 Å². The van der Waals surface area contributed by atoms with Crippen LogP contribution in [0.15, 0.2) is 53.2 Å². The fourth-order valence-corrected chi connectivity index (χ4v) is 4.04. The Hall–Kier alpha value is -3.33. The highest BCUT2D eigenvalue weighted by atomic mass is 19.3. The first kappa shape index (κ1) is 25.8. The third-order valence-electron chi connectivity index (χ3n) is 6.29. The molecule has 1 saturated heterocycles. The van der Waals surface area contributed by atoms with Crippen molar-refractivity contribution in [2.24, 2.45) is 0 Å². The predicted molar refractivity (Wildman–Crippen MR) is 136 cm³/mol. The lowest BCUT2D eigenvalue weighted by Crippen LogP contribution is -2.39. The summed E-state index contributed by atoms with van der Waals surface area (Å²) in [5.74, 6) is -1.45. The molecule has 2 N–H and O–H groups in total. The number of benzene rings is 1. The largest absolute Gasteiger partial charge is 0.359 e. The van der Waals surface area contributed by atoms with E-state index in [0.717, 1.165) is 36.2 Å². The molecular weight excluding hydrogens is 464 g/mol. The number of carbonyl (C=O) groups is 1. The minimum atomic E-state index is -2.50. The molecule has 2 aromatic heterocycles. The Labute approximate surface area is 210 Å². The van der Waals surface area contributed by atoms with Crippen molar-refractivity contribution < 1.29 is 18.1 Å². The van der Waals surface area contributed by atoms with E-state index < -0.39 is 12.0 Å². The van der Waals surface area contributed by atoms with E-state index in [1.54, 1.807) is 6.07 Å². The third kappa shape index (κ3) is 7.10. The zero-order chi connectivity index (χ0) is 25.8. The molecule has 0 atom stereocenters. The number of urea groups is 1. The number of hydrogen-bond donors (Lipinski definition) is 2. The van der Waals surface area contributed by atoms with Crippen molar-refractivity contribution in [3.05, 3.63) is 60.1 Å². The number of carbonyl (C=O) groups excluding carboxylic acids is 1. The fourth-order valence-electron chi connectivity index (χ4n) is 4.04. The van der Waals surface area contributed by atoms with Crippen LogP contribution < -0.4 is 10.6 Å². The molecule has 0 unspecified atom stereocenters. The number of hydrogen-bond acceptors (Lipinski definition) is 5. The average Bonchev–Trinajstić information content (AvgIpc) is 3.30. The van der Waals surface area contributed by atoms with Gasteiger partial charge < -0.3 is 14.7 Å². The van der Waals surface area contributed by atoms with Crippen molar-refractivity contribution in [2.75, 3.05) is 30.3 Å². The normalized spacial score (nSPS) is 16.0. The number of nitrogens with one attached hydrogen (secondary N) is 2. The molecule has 3 heterocycles. The summed E-state index contributed by atoms with van der Waals surface area (Å²) in [6.07, 6.45) is 3.46. The SMILES string of the molecule is CC(C)(C)c1cc(NC(=O)Nc2ccc(-c3ccc(CCCN4CCC(F)(F)CC4)nc3)cc2)no1. The molecule has 0 radical (unpaired) electrons. The molecule has 0 saturated carbocycles. The number of amides is 2. The number of piperidine rings is 1. The average molecular weight is 498 g/mol. The molecule has 3 aromatic rings. The molecule has 0 bridgehead atoms. The maximum Gasteiger partial charge on any atom is 0.324 e. The Morgan fingerprint density at radius 2 is 1.75 bits per heavy atom. The lowest BCUT2D eigenvalue weighted by Gasteiger charge is -2.31. The number of rotatable bonds is 7. The Morgan fingerprint density at radius 3 is 2.36 bits per heavy atom. The Balaban J connectivity index is 1.24. The van der Waals surface area contributed by atoms with Gasteiger partial charge in [0.25, 0.3) is 5.92 Å². The molecule has 0 aliphatic carbocycles. The summed E-state index contributed by atoms with van der Waals surface area (Å²) in [6, 6.07) is 12.8. The van der Waals surface area contributed by atoms with Crippen LogP contribution in [0.25, 0.3) is 11.1 Å². The van der Waals surface area contributed by atoms with Crippen LogP contribution in [-0.2, 0) is 11.8 Å². The van der Waals surface area contributed by atoms with E-state index in [-0.39, 0.29) is 18.3 Å². The Bertz CT molecular complexity index is 1140. The second-order valence-electron chi connectivity index (χ2n) is 10.3. The van der Waals surface area contributed by atoms with Crippen molar-refractivity contribution in [3.8, 4) is 11.1 Å². The van der Waals surface area contributed by atoms with E-state index in [1.807, 2.05) is 63.4 Å². The fraction of sp³-hybridized carbons (Fsp3) is 0.444. The van der Waals surface area contributed by atoms with Crippen LogP contribution in [0.4, 0.5) is 25.1 Å². The van der Waals surface area contributed by atoms with Gasteiger partial charge in [-0.3, -0.25) is 10.3 Å². The minimum Gasteiger partial charge on any atom is -0.359 e. The van der Waals surface area contributed by atoms with Gasteiger partial charge in [0, 0.05) is 60.6 Å². The van der Waals surface area contributed by atoms with Crippen LogP contribution in [0, 0.1) is 0 Å². The molecule has 1 aliphatic heterocycles. The highest BCUT2D eigenvalue weighted by Crippen LogP contribution is 2.28. The van der Waals surface area contributed by atoms with E-state index in [0.29, 0.717) is 30.4 Å². The van der Waals surface area contributed by atoms with Gasteiger partial charge in [-0.25, -0.2) is 13.6 Å². The lowest BCUT2D eigenvalue weighted by atomic mass is 9.93. The van der Waals surface area contributed by atoms with Crippen LogP contribution in [-0.4, -0.2) is 46.6 Å². The Kier molecular flexibility index (Phi) is 7.68. The molecular formula is C27H33F2N5O2. The standard InChI is InChI=1S/C27H33F2N5O2/c1-26(2,3)23-17-24(33-36-23)32-25(35)31-22-10-6-19(7-11-22)20-8-9-21(30-18-20)5-4-14-34-15-12-27(28,29)13-16-34/h6-11,17-18H,4-5,12-16H2,1-3H3,(H2,31,32,33,35). The van der Waals surface area contributed by atoms with Crippen molar-refractivity contribution in [1.82, 2.24) is 15.0 Å². The Morgan fingerprint density at radius 1 is 1.06 bits per heavy atom. The zero-order valence-electron chi connectivity index (χ0n) is 21.0. The minimum absolute atomic E-state index is 0.0428. The number of alkyl halides is 2. The summed E-state index contributed by atoms with van der Waals surface area (Å²) in [4.78, 5) is 19.0. The van der Waals surface area contributed by atoms with Crippen molar-refractivity contribution in [2.45, 2.75) is 57.8 Å². The van der Waals surface area contributed by atoms with Crippen molar-refractivity contribution in [3.63, 3.8) is 0 Å². The first-order chi connectivity index (χ1) is 17.1. The summed E-state index contributed by atoms with van der Waals surface area (Å²) in [5, 5.41) is 9.35. The number of pyridine rings is 1. The van der Waals surface area contributed by atoms with Gasteiger partial charge in [0.05, 0.1) is 0 Å². The summed E-state index contributed by atoms with van der Waals surface area (Å²) in [7, 11) is 0. The smallest absolute Gasteiger partial charge is 0.324 e. The number of nitrogens with zero attached hydrogens (tertiary/aromatic N) is 3. The monoisotopic (exact) mass is 497 g/mol. The van der Waals surface area contributed by atoms with Crippen LogP contribution in [0.5, 0.6) is 0 Å². The molecule has 4 rings (SSSR count). The number of aryl methyl sites for hydroxylation is 1. The van der Waals surface area contributed by atoms with E-state index in [1.165, 1.54) is 0 Å². The van der Waals surface area contributed by atoms with E-state index in [2.05, 4.69) is 25.7 Å². The highest BCUT2D eigenvalue weighted by molar-refractivity contribution is 5.99. The van der Waals surface area contributed by atoms with Crippen LogP contribution >= 0.6 is 0 Å². The molecule has 192 valence electrons. The molecule has 7 nitrogen and oxygen atoms in total. The van der Waals surface area contributed by atoms with E-state index >= 15 is 0 Å². The molecule has 0 spiro atoms. The first-order valence-corrected chi connectivity index (χ1v) is 12.3. The predicted octanol–water partition coefficient (Wildman–Crippen LogP) is 6.34. The topological polar surface area (TPSA) is 83.3 Å². The molecule has 36 heavy (non-hydrogen) atoms. The maximum absolute atomic E-state index is 13.3. The zero-order valence-corrected chi connectivity index (χ0v) is 21.0. The number of aromatic nitrogens is 2. The number of halogens is 2. The van der Waals surface area contributed by atoms with E-state index in [9.17, 15) is 13.6 Å². The van der Waals surface area contributed by atoms with Crippen LogP contribution in [0.1, 0.15) is 51.5 Å². The van der Waals surface area contributed by atoms with Crippen LogP contribution in [0.3, 0.4) is 0 Å². The number of likely N-dealkylation sites (tertiary alicyclic amines) is 1. The number of anilines is 2. The molecule has 2 amide bonds. The summed E-state index contributed by atoms with van der Waals surface area (Å²) in [5.41, 5.74) is 3.41. The first-order valence-electron chi connectivity index (χ1n) is 12.3. The van der Waals surface area contributed by atoms with Crippen molar-refractivity contribution >= 4 is 17.5 Å². The second kappa shape index (κ2) is 10.7. The molecule has 9 heteroatoms. The second-order valence-corrected chi connectivity index (χ2v) is 10.3. The van der Waals surface area contributed by atoms with Gasteiger partial charge in [-0.15, -0.1) is 0 Å². The van der Waals surface area contributed by atoms with Gasteiger partial charge in [-0.05, 0) is 43.1 Å². The van der Waals surface area contributed by atoms with E-state index in [4.69, 9.17) is 4.52 Å². The molecule has 1 fully saturated rings. The molecule has 1 aliphatic rings. The van der Waals surface area contributed by atoms with Gasteiger partial charge in [0.2, 0.25) is 0 Å². The van der Waals surface area contributed by atoms with Gasteiger partial charge in [-0.1, -0.05) is 44.1 Å². The lowest BCUT2D eigenvalue weighted by molar-refractivity contribution is -0.0551. The maximum atomic E-state index is 13.3. The quantitative estimate of drug-likeness (QED) is 0.398. The van der Waals surface area contributed by atoms with Crippen molar-refractivity contribution in [1.29, 1.82) is 0 Å². The van der Waals surface area contributed by atoms with Gasteiger partial charge in [-0.2, -0.15) is 0 Å². The van der Waals surface area contributed by atoms with Gasteiger partial charge in [0.15, 0.2) is 5.82 Å². The highest BCUT2D eigenvalue weighted by Gasteiger charge is 2.33. The third-order valence-corrected chi connectivity index (χ3v) is 6.29.